The number of para-hydroxylation sites is 1. The van der Waals surface area contributed by atoms with E-state index in [1.165, 1.54) is 0 Å². The van der Waals surface area contributed by atoms with Gasteiger partial charge in [0, 0.05) is 11.9 Å². The molecule has 0 saturated heterocycles. The Morgan fingerprint density at radius 2 is 1.91 bits per heavy atom. The van der Waals surface area contributed by atoms with Crippen LogP contribution in [0.4, 0.5) is 17.5 Å². The molecule has 0 fully saturated rings. The normalized spacial score (nSPS) is 10.5. The second kappa shape index (κ2) is 5.88. The number of H-pyrrole nitrogens is 1. The highest BCUT2D eigenvalue weighted by Gasteiger charge is 2.22. The fourth-order valence-corrected chi connectivity index (χ4v) is 2.51. The summed E-state index contributed by atoms with van der Waals surface area (Å²) < 4.78 is 0. The van der Waals surface area contributed by atoms with Gasteiger partial charge in [-0.3, -0.25) is 0 Å². The minimum Gasteiger partial charge on any atom is -0.358 e. The third-order valence-electron chi connectivity index (χ3n) is 3.54. The van der Waals surface area contributed by atoms with Crippen molar-refractivity contribution in [3.05, 3.63) is 64.0 Å². The van der Waals surface area contributed by atoms with Crippen molar-refractivity contribution in [2.24, 2.45) is 0 Å². The van der Waals surface area contributed by atoms with Gasteiger partial charge in [-0.25, -0.2) is 15.0 Å². The topological polar surface area (TPSA) is 96.7 Å². The fraction of sp³-hybridized carbons (Fsp3) is 0.125. The number of nitrogens with zero attached hydrogens (tertiary/aromatic N) is 3. The Hall–Kier alpha value is -3.22. The summed E-state index contributed by atoms with van der Waals surface area (Å²) in [5.74, 6) is 0.435. The van der Waals surface area contributed by atoms with E-state index < -0.39 is 4.92 Å². The first-order valence-corrected chi connectivity index (χ1v) is 7.05. The summed E-state index contributed by atoms with van der Waals surface area (Å²) in [7, 11) is 0. The molecule has 2 N–H and O–H groups in total. The lowest BCUT2D eigenvalue weighted by Crippen LogP contribution is -1.98. The second-order valence-electron chi connectivity index (χ2n) is 5.11. The predicted molar refractivity (Wildman–Crippen MR) is 87.7 cm³/mol. The lowest BCUT2D eigenvalue weighted by atomic mass is 10.1. The van der Waals surface area contributed by atoms with Gasteiger partial charge in [0.1, 0.15) is 5.69 Å². The lowest BCUT2D eigenvalue weighted by Gasteiger charge is -2.06. The lowest BCUT2D eigenvalue weighted by molar-refractivity contribution is -0.389. The summed E-state index contributed by atoms with van der Waals surface area (Å²) in [5.41, 5.74) is 3.52. The number of anilines is 2. The van der Waals surface area contributed by atoms with E-state index in [4.69, 9.17) is 0 Å². The van der Waals surface area contributed by atoms with Gasteiger partial charge in [0.25, 0.3) is 0 Å². The van der Waals surface area contributed by atoms with Gasteiger partial charge in [0.15, 0.2) is 0 Å². The van der Waals surface area contributed by atoms with Crippen LogP contribution >= 0.6 is 0 Å². The van der Waals surface area contributed by atoms with E-state index in [0.717, 1.165) is 11.3 Å². The maximum Gasteiger partial charge on any atom is 0.324 e. The van der Waals surface area contributed by atoms with Crippen molar-refractivity contribution in [1.82, 2.24) is 15.0 Å². The number of aromatic amines is 1. The summed E-state index contributed by atoms with van der Waals surface area (Å²) >= 11 is 0. The molecule has 7 heteroatoms. The van der Waals surface area contributed by atoms with E-state index in [-0.39, 0.29) is 5.82 Å². The van der Waals surface area contributed by atoms with E-state index in [1.807, 2.05) is 30.3 Å². The summed E-state index contributed by atoms with van der Waals surface area (Å²) in [5, 5.41) is 14.2. The monoisotopic (exact) mass is 309 g/mol. The third kappa shape index (κ3) is 2.89. The molecule has 0 bridgehead atoms. The first kappa shape index (κ1) is 14.7. The zero-order valence-corrected chi connectivity index (χ0v) is 12.7. The van der Waals surface area contributed by atoms with Crippen molar-refractivity contribution in [2.75, 3.05) is 5.32 Å². The fourth-order valence-electron chi connectivity index (χ4n) is 2.51. The molecule has 23 heavy (non-hydrogen) atoms. The van der Waals surface area contributed by atoms with Crippen LogP contribution in [0.25, 0.3) is 11.3 Å². The van der Waals surface area contributed by atoms with E-state index in [0.29, 0.717) is 22.9 Å². The average Bonchev–Trinajstić information content (AvgIpc) is 2.83. The highest BCUT2D eigenvalue weighted by atomic mass is 16.6. The number of hydrogen-bond donors (Lipinski definition) is 2. The molecule has 0 spiro atoms. The van der Waals surface area contributed by atoms with Crippen LogP contribution in [-0.2, 0) is 0 Å². The molecule has 0 amide bonds. The molecule has 0 aliphatic rings. The molecule has 0 saturated carbocycles. The second-order valence-corrected chi connectivity index (χ2v) is 5.11. The molecule has 116 valence electrons. The van der Waals surface area contributed by atoms with Gasteiger partial charge in [0.05, 0.1) is 16.8 Å². The van der Waals surface area contributed by atoms with Crippen LogP contribution in [0.1, 0.15) is 11.3 Å². The zero-order chi connectivity index (χ0) is 16.4. The molecule has 0 radical (unpaired) electrons. The molecule has 2 heterocycles. The Kier molecular flexibility index (Phi) is 3.76. The van der Waals surface area contributed by atoms with Crippen molar-refractivity contribution < 1.29 is 4.92 Å². The Labute approximate surface area is 132 Å². The van der Waals surface area contributed by atoms with Crippen LogP contribution in [-0.4, -0.2) is 19.9 Å². The Bertz CT molecular complexity index is 858. The zero-order valence-electron chi connectivity index (χ0n) is 12.7. The number of benzene rings is 1. The largest absolute Gasteiger partial charge is 0.358 e. The molecular weight excluding hydrogens is 294 g/mol. The summed E-state index contributed by atoms with van der Waals surface area (Å²) in [6, 6.07) is 11.3. The summed E-state index contributed by atoms with van der Waals surface area (Å²) in [6.45, 7) is 3.51. The maximum absolute atomic E-state index is 11.1. The highest BCUT2D eigenvalue weighted by molar-refractivity contribution is 5.71. The van der Waals surface area contributed by atoms with Gasteiger partial charge in [0.2, 0.25) is 5.95 Å². The quantitative estimate of drug-likeness (QED) is 0.565. The number of nitrogens with one attached hydrogen (secondary N) is 2. The molecule has 0 aliphatic heterocycles. The summed E-state index contributed by atoms with van der Waals surface area (Å²) in [4.78, 5) is 22.1. The number of nitro groups is 1. The highest BCUT2D eigenvalue weighted by Crippen LogP contribution is 2.32. The molecule has 7 nitrogen and oxygen atoms in total. The van der Waals surface area contributed by atoms with Gasteiger partial charge >= 0.3 is 5.82 Å². The summed E-state index contributed by atoms with van der Waals surface area (Å²) in [6.07, 6.45) is 1.63. The predicted octanol–water partition coefficient (Wildman–Crippen LogP) is 3.74. The van der Waals surface area contributed by atoms with Crippen LogP contribution in [0.3, 0.4) is 0 Å². The van der Waals surface area contributed by atoms with Crippen molar-refractivity contribution >= 4 is 17.5 Å². The first-order valence-electron chi connectivity index (χ1n) is 7.05. The molecule has 3 rings (SSSR count). The van der Waals surface area contributed by atoms with E-state index in [1.54, 1.807) is 26.1 Å². The average molecular weight is 309 g/mol. The van der Waals surface area contributed by atoms with Gasteiger partial charge in [-0.05, 0) is 37.0 Å². The first-order chi connectivity index (χ1) is 11.1. The Balaban J connectivity index is 1.99. The van der Waals surface area contributed by atoms with Crippen molar-refractivity contribution in [3.8, 4) is 11.3 Å². The van der Waals surface area contributed by atoms with Crippen molar-refractivity contribution in [3.63, 3.8) is 0 Å². The molecule has 0 aliphatic carbocycles. The van der Waals surface area contributed by atoms with E-state index in [9.17, 15) is 10.1 Å². The molecule has 2 aromatic heterocycles. The molecular formula is C16H15N5O2. The minimum absolute atomic E-state index is 0.00585. The van der Waals surface area contributed by atoms with Gasteiger partial charge in [-0.2, -0.15) is 0 Å². The van der Waals surface area contributed by atoms with Crippen molar-refractivity contribution in [1.29, 1.82) is 0 Å². The van der Waals surface area contributed by atoms with Crippen LogP contribution in [0.5, 0.6) is 0 Å². The standard InChI is InChI=1S/C16H15N5O2/c1-10-14(11(2)18-15(10)21(22)23)13-8-9-17-16(20-13)19-12-6-4-3-5-7-12/h3-9,18H,1-2H3,(H,17,19,20). The molecule has 1 aromatic carbocycles. The van der Waals surface area contributed by atoms with Gasteiger partial charge in [-0.1, -0.05) is 18.2 Å². The van der Waals surface area contributed by atoms with Gasteiger partial charge < -0.3 is 15.4 Å². The van der Waals surface area contributed by atoms with Crippen LogP contribution in [0, 0.1) is 24.0 Å². The van der Waals surface area contributed by atoms with Gasteiger partial charge in [-0.15, -0.1) is 0 Å². The Morgan fingerprint density at radius 1 is 1.17 bits per heavy atom. The van der Waals surface area contributed by atoms with Crippen molar-refractivity contribution in [2.45, 2.75) is 13.8 Å². The number of rotatable bonds is 4. The number of aromatic nitrogens is 3. The maximum atomic E-state index is 11.1. The number of hydrogen-bond acceptors (Lipinski definition) is 5. The van der Waals surface area contributed by atoms with Crippen LogP contribution in [0.2, 0.25) is 0 Å². The smallest absolute Gasteiger partial charge is 0.324 e. The molecule has 3 aromatic rings. The van der Waals surface area contributed by atoms with Crippen LogP contribution in [0.15, 0.2) is 42.6 Å². The van der Waals surface area contributed by atoms with E-state index in [2.05, 4.69) is 20.3 Å². The van der Waals surface area contributed by atoms with Crippen LogP contribution < -0.4 is 5.32 Å². The molecule has 0 atom stereocenters. The SMILES string of the molecule is Cc1[nH]c([N+](=O)[O-])c(C)c1-c1ccnc(Nc2ccccc2)n1. The Morgan fingerprint density at radius 3 is 2.57 bits per heavy atom. The molecule has 0 unspecified atom stereocenters. The number of aryl methyl sites for hydroxylation is 1. The minimum atomic E-state index is -0.420. The third-order valence-corrected chi connectivity index (χ3v) is 3.54. The van der Waals surface area contributed by atoms with E-state index >= 15 is 0 Å².